The highest BCUT2D eigenvalue weighted by Gasteiger charge is 2.52. The lowest BCUT2D eigenvalue weighted by atomic mass is 9.72. The van der Waals surface area contributed by atoms with Crippen LogP contribution in [-0.4, -0.2) is 81.8 Å². The van der Waals surface area contributed by atoms with Crippen molar-refractivity contribution < 1.29 is 24.6 Å². The SMILES string of the molecule is CNC(=O)[C@H]1[C@H]2C[C@H](CN(c3nc4ccccc4n3CCO)C2)[C@@H]2CCCC(=O)N21.O=CO. The Labute approximate surface area is 192 Å². The van der Waals surface area contributed by atoms with Crippen molar-refractivity contribution in [2.45, 2.75) is 44.3 Å². The van der Waals surface area contributed by atoms with Gasteiger partial charge in [0, 0.05) is 45.1 Å². The molecule has 1 aromatic carbocycles. The number of piperidine rings is 3. The summed E-state index contributed by atoms with van der Waals surface area (Å²) in [4.78, 5) is 43.1. The molecule has 0 saturated carbocycles. The maximum absolute atomic E-state index is 12.8. The van der Waals surface area contributed by atoms with Crippen LogP contribution in [-0.2, 0) is 20.9 Å². The number of carbonyl (C=O) groups excluding carboxylic acids is 2. The number of para-hydroxylation sites is 2. The summed E-state index contributed by atoms with van der Waals surface area (Å²) in [5.74, 6) is 1.31. The summed E-state index contributed by atoms with van der Waals surface area (Å²) in [6.45, 7) is 1.77. The second-order valence-electron chi connectivity index (χ2n) is 8.86. The van der Waals surface area contributed by atoms with E-state index in [-0.39, 0.29) is 36.9 Å². The van der Waals surface area contributed by atoms with E-state index in [1.165, 1.54) is 0 Å². The number of imidazole rings is 1. The topological polar surface area (TPSA) is 128 Å². The minimum absolute atomic E-state index is 0.0415. The van der Waals surface area contributed by atoms with Crippen molar-refractivity contribution in [2.24, 2.45) is 11.8 Å². The molecule has 10 nitrogen and oxygen atoms in total. The number of rotatable bonds is 4. The van der Waals surface area contributed by atoms with Crippen LogP contribution in [0.1, 0.15) is 25.7 Å². The maximum atomic E-state index is 12.8. The number of hydrogen-bond acceptors (Lipinski definition) is 6. The van der Waals surface area contributed by atoms with Gasteiger partial charge in [-0.05, 0) is 37.3 Å². The molecule has 33 heavy (non-hydrogen) atoms. The smallest absolute Gasteiger partial charge is 0.290 e. The lowest BCUT2D eigenvalue weighted by Crippen LogP contribution is -2.68. The number of carbonyl (C=O) groups is 3. The number of nitrogens with one attached hydrogen (secondary N) is 1. The van der Waals surface area contributed by atoms with Gasteiger partial charge in [0.15, 0.2) is 0 Å². The Balaban J connectivity index is 0.000000821. The van der Waals surface area contributed by atoms with Gasteiger partial charge >= 0.3 is 0 Å². The van der Waals surface area contributed by atoms with Gasteiger partial charge in [0.25, 0.3) is 6.47 Å². The molecule has 0 spiro atoms. The fourth-order valence-corrected chi connectivity index (χ4v) is 5.93. The van der Waals surface area contributed by atoms with Crippen LogP contribution in [0.5, 0.6) is 0 Å². The summed E-state index contributed by atoms with van der Waals surface area (Å²) in [5, 5.41) is 19.3. The fourth-order valence-electron chi connectivity index (χ4n) is 5.93. The Kier molecular flexibility index (Phi) is 6.83. The van der Waals surface area contributed by atoms with Gasteiger partial charge in [0.05, 0.1) is 17.6 Å². The predicted octanol–water partition coefficient (Wildman–Crippen LogP) is 0.681. The summed E-state index contributed by atoms with van der Waals surface area (Å²) in [5.41, 5.74) is 1.92. The molecule has 2 aromatic rings. The molecule has 178 valence electrons. The van der Waals surface area contributed by atoms with E-state index < -0.39 is 6.04 Å². The molecule has 0 unspecified atom stereocenters. The van der Waals surface area contributed by atoms with Gasteiger partial charge in [0.1, 0.15) is 6.04 Å². The molecule has 3 aliphatic rings. The highest BCUT2D eigenvalue weighted by Crippen LogP contribution is 2.42. The molecule has 4 heterocycles. The van der Waals surface area contributed by atoms with Crippen LogP contribution >= 0.6 is 0 Å². The lowest BCUT2D eigenvalue weighted by Gasteiger charge is -2.55. The number of aromatic nitrogens is 2. The third kappa shape index (κ3) is 4.15. The first kappa shape index (κ1) is 23.0. The standard InChI is InChI=1S/C22H29N5O3.CH2O2/c1-23-21(30)20-15-11-14(17-7-4-8-19(29)27(17)20)12-25(13-15)22-24-16-5-2-3-6-18(16)26(22)9-10-28;2-1-3/h2-3,5-6,14-15,17,20,28H,4,7-13H2,1H3,(H,23,30);1H,(H,2,3)/t14-,15+,17+,20-;/m1./s1. The van der Waals surface area contributed by atoms with E-state index in [1.807, 2.05) is 29.2 Å². The van der Waals surface area contributed by atoms with E-state index >= 15 is 0 Å². The number of aliphatic hydroxyl groups is 1. The van der Waals surface area contributed by atoms with Crippen molar-refractivity contribution in [3.63, 3.8) is 0 Å². The lowest BCUT2D eigenvalue weighted by molar-refractivity contribution is -0.156. The number of nitrogens with zero attached hydrogens (tertiary/aromatic N) is 4. The van der Waals surface area contributed by atoms with Gasteiger partial charge in [-0.1, -0.05) is 12.1 Å². The first-order chi connectivity index (χ1) is 16.0. The number of anilines is 1. The maximum Gasteiger partial charge on any atom is 0.290 e. The number of amides is 2. The van der Waals surface area contributed by atoms with Gasteiger partial charge in [-0.3, -0.25) is 14.4 Å². The molecule has 0 aliphatic carbocycles. The highest BCUT2D eigenvalue weighted by molar-refractivity contribution is 5.89. The summed E-state index contributed by atoms with van der Waals surface area (Å²) < 4.78 is 2.08. The van der Waals surface area contributed by atoms with Crippen molar-refractivity contribution in [1.29, 1.82) is 0 Å². The molecular formula is C23H31N5O5. The predicted molar refractivity (Wildman–Crippen MR) is 122 cm³/mol. The van der Waals surface area contributed by atoms with Crippen LogP contribution in [0.3, 0.4) is 0 Å². The second kappa shape index (κ2) is 9.78. The van der Waals surface area contributed by atoms with Crippen LogP contribution in [0.15, 0.2) is 24.3 Å². The molecule has 3 aliphatic heterocycles. The van der Waals surface area contributed by atoms with E-state index in [2.05, 4.69) is 14.8 Å². The number of fused-ring (bicyclic) bond motifs is 5. The third-order valence-corrected chi connectivity index (χ3v) is 7.10. The quantitative estimate of drug-likeness (QED) is 0.576. The van der Waals surface area contributed by atoms with Gasteiger partial charge in [-0.25, -0.2) is 4.98 Å². The van der Waals surface area contributed by atoms with E-state index in [9.17, 15) is 14.7 Å². The van der Waals surface area contributed by atoms with Crippen LogP contribution in [0.2, 0.25) is 0 Å². The van der Waals surface area contributed by atoms with Gasteiger partial charge in [-0.15, -0.1) is 0 Å². The molecule has 1 aromatic heterocycles. The Bertz CT molecular complexity index is 1020. The largest absolute Gasteiger partial charge is 0.483 e. The number of carboxylic acid groups (broad SMARTS) is 1. The van der Waals surface area contributed by atoms with Crippen LogP contribution in [0, 0.1) is 11.8 Å². The average Bonchev–Trinajstić information content (AvgIpc) is 3.19. The van der Waals surface area contributed by atoms with E-state index in [4.69, 9.17) is 14.9 Å². The molecule has 3 fully saturated rings. The van der Waals surface area contributed by atoms with E-state index in [1.54, 1.807) is 7.05 Å². The molecule has 3 N–H and O–H groups in total. The number of hydrogen-bond donors (Lipinski definition) is 3. The van der Waals surface area contributed by atoms with Gasteiger partial charge in [-0.2, -0.15) is 0 Å². The zero-order valence-corrected chi connectivity index (χ0v) is 18.8. The van der Waals surface area contributed by atoms with Gasteiger partial charge < -0.3 is 29.9 Å². The minimum atomic E-state index is -0.414. The zero-order valence-electron chi connectivity index (χ0n) is 18.8. The Morgan fingerprint density at radius 1 is 1.27 bits per heavy atom. The summed E-state index contributed by atoms with van der Waals surface area (Å²) >= 11 is 0. The summed E-state index contributed by atoms with van der Waals surface area (Å²) in [7, 11) is 1.65. The van der Waals surface area contributed by atoms with Crippen molar-refractivity contribution in [3.05, 3.63) is 24.3 Å². The Hall–Kier alpha value is -3.14. The van der Waals surface area contributed by atoms with Gasteiger partial charge in [0.2, 0.25) is 17.8 Å². The van der Waals surface area contributed by atoms with Crippen LogP contribution < -0.4 is 10.2 Å². The molecule has 2 bridgehead atoms. The first-order valence-corrected chi connectivity index (χ1v) is 11.5. The zero-order chi connectivity index (χ0) is 23.5. The number of aliphatic hydroxyl groups excluding tert-OH is 1. The second-order valence-corrected chi connectivity index (χ2v) is 8.86. The van der Waals surface area contributed by atoms with Crippen molar-refractivity contribution in [3.8, 4) is 0 Å². The molecule has 4 atom stereocenters. The van der Waals surface area contributed by atoms with Crippen LogP contribution in [0.4, 0.5) is 5.95 Å². The van der Waals surface area contributed by atoms with E-state index in [0.717, 1.165) is 42.8 Å². The molecule has 0 radical (unpaired) electrons. The third-order valence-electron chi connectivity index (χ3n) is 7.10. The van der Waals surface area contributed by atoms with Crippen molar-refractivity contribution in [1.82, 2.24) is 19.8 Å². The fraction of sp³-hybridized carbons (Fsp3) is 0.565. The molecular weight excluding hydrogens is 426 g/mol. The normalized spacial score (nSPS) is 26.3. The Morgan fingerprint density at radius 3 is 2.73 bits per heavy atom. The Morgan fingerprint density at radius 2 is 2.00 bits per heavy atom. The monoisotopic (exact) mass is 457 g/mol. The molecule has 10 heteroatoms. The number of likely N-dealkylation sites (N-methyl/N-ethyl adjacent to an activating group) is 1. The number of benzene rings is 1. The molecule has 5 rings (SSSR count). The summed E-state index contributed by atoms with van der Waals surface area (Å²) in [6, 6.07) is 7.68. The minimum Gasteiger partial charge on any atom is -0.483 e. The van der Waals surface area contributed by atoms with E-state index in [0.29, 0.717) is 25.4 Å². The van der Waals surface area contributed by atoms with Crippen LogP contribution in [0.25, 0.3) is 11.0 Å². The summed E-state index contributed by atoms with van der Waals surface area (Å²) in [6.07, 6.45) is 3.35. The highest BCUT2D eigenvalue weighted by atomic mass is 16.3. The first-order valence-electron chi connectivity index (χ1n) is 11.5. The molecule has 3 saturated heterocycles. The van der Waals surface area contributed by atoms with Crippen molar-refractivity contribution in [2.75, 3.05) is 31.6 Å². The van der Waals surface area contributed by atoms with Crippen molar-refractivity contribution >= 4 is 35.3 Å². The molecule has 2 amide bonds. The average molecular weight is 458 g/mol.